The molecule has 0 N–H and O–H groups in total. The van der Waals surface area contributed by atoms with Crippen LogP contribution in [0.25, 0.3) is 0 Å². The van der Waals surface area contributed by atoms with Crippen LogP contribution in [0.15, 0.2) is 12.1 Å². The standard InChI is InChI=1S/C10H10ClFO3/c1-14-8-4-7(12)3-6(5-11)9(8)10(13)15-2/h3-4H,5H2,1-2H3. The van der Waals surface area contributed by atoms with Gasteiger partial charge in [0, 0.05) is 11.9 Å². The Hall–Kier alpha value is -1.29. The van der Waals surface area contributed by atoms with Gasteiger partial charge in [-0.25, -0.2) is 9.18 Å². The second-order valence-corrected chi connectivity index (χ2v) is 3.03. The molecule has 0 unspecified atom stereocenters. The minimum atomic E-state index is -0.595. The van der Waals surface area contributed by atoms with Gasteiger partial charge >= 0.3 is 5.97 Å². The monoisotopic (exact) mass is 232 g/mol. The molecule has 0 atom stereocenters. The number of ether oxygens (including phenoxy) is 2. The second-order valence-electron chi connectivity index (χ2n) is 2.77. The zero-order valence-corrected chi connectivity index (χ0v) is 9.10. The molecular formula is C10H10ClFO3. The van der Waals surface area contributed by atoms with Gasteiger partial charge in [-0.15, -0.1) is 11.6 Å². The first-order chi connectivity index (χ1) is 7.13. The van der Waals surface area contributed by atoms with E-state index in [1.54, 1.807) is 0 Å². The van der Waals surface area contributed by atoms with Crippen LogP contribution in [-0.2, 0) is 10.6 Å². The quantitative estimate of drug-likeness (QED) is 0.593. The summed E-state index contributed by atoms with van der Waals surface area (Å²) in [6, 6.07) is 2.30. The maximum Gasteiger partial charge on any atom is 0.341 e. The highest BCUT2D eigenvalue weighted by molar-refractivity contribution is 6.17. The van der Waals surface area contributed by atoms with Crippen molar-refractivity contribution < 1.29 is 18.7 Å². The summed E-state index contributed by atoms with van der Waals surface area (Å²) in [5.74, 6) is -0.964. The first-order valence-corrected chi connectivity index (χ1v) is 4.68. The molecule has 0 amide bonds. The van der Waals surface area contributed by atoms with E-state index in [1.165, 1.54) is 20.3 Å². The summed E-state index contributed by atoms with van der Waals surface area (Å²) in [6.07, 6.45) is 0. The van der Waals surface area contributed by atoms with E-state index < -0.39 is 11.8 Å². The van der Waals surface area contributed by atoms with Gasteiger partial charge in [0.25, 0.3) is 0 Å². The Morgan fingerprint density at radius 1 is 1.47 bits per heavy atom. The summed E-state index contributed by atoms with van der Waals surface area (Å²) in [4.78, 5) is 11.4. The number of halogens is 2. The van der Waals surface area contributed by atoms with Gasteiger partial charge in [0.2, 0.25) is 0 Å². The molecule has 0 aliphatic rings. The molecule has 5 heteroatoms. The highest BCUT2D eigenvalue weighted by Gasteiger charge is 2.18. The average molecular weight is 233 g/mol. The Labute approximate surface area is 91.7 Å². The predicted molar refractivity (Wildman–Crippen MR) is 53.8 cm³/mol. The highest BCUT2D eigenvalue weighted by Crippen LogP contribution is 2.26. The fourth-order valence-corrected chi connectivity index (χ4v) is 1.45. The lowest BCUT2D eigenvalue weighted by atomic mass is 10.1. The Bertz CT molecular complexity index is 354. The number of hydrogen-bond acceptors (Lipinski definition) is 3. The van der Waals surface area contributed by atoms with Crippen molar-refractivity contribution in [3.8, 4) is 5.75 Å². The van der Waals surface area contributed by atoms with E-state index in [0.717, 1.165) is 6.07 Å². The van der Waals surface area contributed by atoms with Gasteiger partial charge in [0.15, 0.2) is 0 Å². The Morgan fingerprint density at radius 2 is 2.13 bits per heavy atom. The van der Waals surface area contributed by atoms with Crippen molar-refractivity contribution in [2.75, 3.05) is 14.2 Å². The van der Waals surface area contributed by atoms with Crippen molar-refractivity contribution in [1.82, 2.24) is 0 Å². The number of benzene rings is 1. The summed E-state index contributed by atoms with van der Waals surface area (Å²) in [5.41, 5.74) is 0.511. The van der Waals surface area contributed by atoms with Crippen LogP contribution in [0.5, 0.6) is 5.75 Å². The minimum absolute atomic E-state index is 0.0125. The summed E-state index contributed by atoms with van der Waals surface area (Å²) in [6.45, 7) is 0. The van der Waals surface area contributed by atoms with Crippen molar-refractivity contribution in [2.24, 2.45) is 0 Å². The molecule has 82 valence electrons. The summed E-state index contributed by atoms with van der Waals surface area (Å²) in [5, 5.41) is 0. The largest absolute Gasteiger partial charge is 0.496 e. The molecule has 1 aromatic carbocycles. The molecule has 0 bridgehead atoms. The molecule has 0 spiro atoms. The van der Waals surface area contributed by atoms with Crippen molar-refractivity contribution in [2.45, 2.75) is 5.88 Å². The van der Waals surface area contributed by atoms with Crippen molar-refractivity contribution in [3.05, 3.63) is 29.1 Å². The van der Waals surface area contributed by atoms with Crippen molar-refractivity contribution in [1.29, 1.82) is 0 Å². The van der Waals surface area contributed by atoms with Crippen molar-refractivity contribution >= 4 is 17.6 Å². The van der Waals surface area contributed by atoms with Gasteiger partial charge in [-0.3, -0.25) is 0 Å². The van der Waals surface area contributed by atoms with Gasteiger partial charge in [-0.1, -0.05) is 0 Å². The number of carbonyl (C=O) groups is 1. The minimum Gasteiger partial charge on any atom is -0.496 e. The molecule has 0 aliphatic heterocycles. The van der Waals surface area contributed by atoms with E-state index in [4.69, 9.17) is 16.3 Å². The van der Waals surface area contributed by atoms with Crippen LogP contribution in [0.1, 0.15) is 15.9 Å². The zero-order chi connectivity index (χ0) is 11.4. The van der Waals surface area contributed by atoms with Gasteiger partial charge in [-0.05, 0) is 11.6 Å². The summed E-state index contributed by atoms with van der Waals surface area (Å²) in [7, 11) is 2.59. The fraction of sp³-hybridized carbons (Fsp3) is 0.300. The lowest BCUT2D eigenvalue weighted by Gasteiger charge is -2.10. The van der Waals surface area contributed by atoms with E-state index in [0.29, 0.717) is 5.56 Å². The topological polar surface area (TPSA) is 35.5 Å². The van der Waals surface area contributed by atoms with Crippen molar-refractivity contribution in [3.63, 3.8) is 0 Å². The molecule has 0 radical (unpaired) electrons. The van der Waals surface area contributed by atoms with Gasteiger partial charge < -0.3 is 9.47 Å². The molecule has 0 heterocycles. The number of hydrogen-bond donors (Lipinski definition) is 0. The molecule has 0 saturated carbocycles. The molecular weight excluding hydrogens is 223 g/mol. The molecule has 1 aromatic rings. The molecule has 0 saturated heterocycles. The van der Waals surface area contributed by atoms with Crippen LogP contribution in [0.2, 0.25) is 0 Å². The normalized spacial score (nSPS) is 9.87. The van der Waals surface area contributed by atoms with Crippen LogP contribution in [0.4, 0.5) is 4.39 Å². The lowest BCUT2D eigenvalue weighted by molar-refractivity contribution is 0.0596. The number of methoxy groups -OCH3 is 2. The molecule has 3 nitrogen and oxygen atoms in total. The van der Waals surface area contributed by atoms with Crippen LogP contribution in [0.3, 0.4) is 0 Å². The summed E-state index contributed by atoms with van der Waals surface area (Å²) < 4.78 is 22.5. The van der Waals surface area contributed by atoms with Crippen LogP contribution < -0.4 is 4.74 Å². The third-order valence-corrected chi connectivity index (χ3v) is 2.19. The smallest absolute Gasteiger partial charge is 0.341 e. The molecule has 1 rings (SSSR count). The maximum atomic E-state index is 13.1. The number of esters is 1. The molecule has 15 heavy (non-hydrogen) atoms. The first kappa shape index (κ1) is 11.8. The Morgan fingerprint density at radius 3 is 2.60 bits per heavy atom. The molecule has 0 aliphatic carbocycles. The van der Waals surface area contributed by atoms with Crippen LogP contribution in [-0.4, -0.2) is 20.2 Å². The molecule has 0 aromatic heterocycles. The number of rotatable bonds is 3. The average Bonchev–Trinajstić information content (AvgIpc) is 2.26. The lowest BCUT2D eigenvalue weighted by Crippen LogP contribution is -2.08. The van der Waals surface area contributed by atoms with E-state index in [9.17, 15) is 9.18 Å². The van der Waals surface area contributed by atoms with Crippen LogP contribution in [0, 0.1) is 5.82 Å². The predicted octanol–water partition coefficient (Wildman–Crippen LogP) is 2.36. The number of alkyl halides is 1. The summed E-state index contributed by atoms with van der Waals surface area (Å²) >= 11 is 5.60. The van der Waals surface area contributed by atoms with Gasteiger partial charge in [0.05, 0.1) is 14.2 Å². The SMILES string of the molecule is COC(=O)c1c(CCl)cc(F)cc1OC. The second kappa shape index (κ2) is 4.98. The Kier molecular flexibility index (Phi) is 3.91. The van der Waals surface area contributed by atoms with Gasteiger partial charge in [-0.2, -0.15) is 0 Å². The molecule has 0 fully saturated rings. The maximum absolute atomic E-state index is 13.1. The third kappa shape index (κ3) is 2.39. The van der Waals surface area contributed by atoms with E-state index in [2.05, 4.69) is 4.74 Å². The van der Waals surface area contributed by atoms with E-state index in [-0.39, 0.29) is 17.2 Å². The Balaban J connectivity index is 3.36. The third-order valence-electron chi connectivity index (χ3n) is 1.90. The number of carbonyl (C=O) groups excluding carboxylic acids is 1. The van der Waals surface area contributed by atoms with Crippen LogP contribution >= 0.6 is 11.6 Å². The zero-order valence-electron chi connectivity index (χ0n) is 8.34. The van der Waals surface area contributed by atoms with E-state index >= 15 is 0 Å². The van der Waals surface area contributed by atoms with E-state index in [1.807, 2.05) is 0 Å². The fourth-order valence-electron chi connectivity index (χ4n) is 1.24. The first-order valence-electron chi connectivity index (χ1n) is 4.14. The highest BCUT2D eigenvalue weighted by atomic mass is 35.5. The van der Waals surface area contributed by atoms with Gasteiger partial charge in [0.1, 0.15) is 17.1 Å².